The maximum atomic E-state index is 6.06. The quantitative estimate of drug-likeness (QED) is 0.323. The predicted molar refractivity (Wildman–Crippen MR) is 151 cm³/mol. The third kappa shape index (κ3) is 3.80. The molecule has 0 spiro atoms. The topological polar surface area (TPSA) is 106 Å². The van der Waals surface area contributed by atoms with Crippen LogP contribution < -0.4 is 19.7 Å². The van der Waals surface area contributed by atoms with Gasteiger partial charge in [-0.1, -0.05) is 0 Å². The average Bonchev–Trinajstić information content (AvgIpc) is 3.60. The summed E-state index contributed by atoms with van der Waals surface area (Å²) in [6, 6.07) is 13.7. The number of hydrogen-bond donors (Lipinski definition) is 1. The Kier molecular flexibility index (Phi) is 5.27. The van der Waals surface area contributed by atoms with E-state index in [0.29, 0.717) is 29.4 Å². The van der Waals surface area contributed by atoms with Crippen LogP contribution in [0.4, 0.5) is 17.2 Å². The summed E-state index contributed by atoms with van der Waals surface area (Å²) in [5.41, 5.74) is 4.51. The number of likely N-dealkylation sites (tertiary alicyclic amines) is 1. The second-order valence-corrected chi connectivity index (χ2v) is 10.8. The smallest absolute Gasteiger partial charge is 0.224 e. The number of benzene rings is 2. The molecular formula is C29H29N9O2. The van der Waals surface area contributed by atoms with Gasteiger partial charge in [-0.3, -0.25) is 4.90 Å². The minimum absolute atomic E-state index is 0.461. The van der Waals surface area contributed by atoms with Gasteiger partial charge in [0.2, 0.25) is 5.88 Å². The Morgan fingerprint density at radius 1 is 0.925 bits per heavy atom. The van der Waals surface area contributed by atoms with Gasteiger partial charge >= 0.3 is 0 Å². The highest BCUT2D eigenvalue weighted by Gasteiger charge is 2.51. The monoisotopic (exact) mass is 535 g/mol. The molecule has 40 heavy (non-hydrogen) atoms. The van der Waals surface area contributed by atoms with E-state index in [1.807, 2.05) is 37.3 Å². The first-order valence-corrected chi connectivity index (χ1v) is 13.7. The largest absolute Gasteiger partial charge is 0.495 e. The normalized spacial score (nSPS) is 20.5. The summed E-state index contributed by atoms with van der Waals surface area (Å²) in [7, 11) is 1.74. The van der Waals surface area contributed by atoms with Crippen LogP contribution in [0.3, 0.4) is 0 Å². The van der Waals surface area contributed by atoms with E-state index in [0.717, 1.165) is 52.0 Å². The molecule has 11 nitrogen and oxygen atoms in total. The lowest BCUT2D eigenvalue weighted by molar-refractivity contribution is 0.193. The van der Waals surface area contributed by atoms with E-state index in [-0.39, 0.29) is 0 Å². The molecule has 1 aliphatic carbocycles. The van der Waals surface area contributed by atoms with Gasteiger partial charge in [0.15, 0.2) is 5.65 Å². The molecule has 2 unspecified atom stereocenters. The molecule has 8 rings (SSSR count). The third-order valence-electron chi connectivity index (χ3n) is 8.40. The molecule has 0 bridgehead atoms. The molecule has 2 atom stereocenters. The Bertz CT molecular complexity index is 1750. The van der Waals surface area contributed by atoms with Crippen molar-refractivity contribution in [1.82, 2.24) is 34.4 Å². The molecule has 5 aromatic rings. The molecule has 3 fully saturated rings. The molecule has 2 aromatic carbocycles. The van der Waals surface area contributed by atoms with Crippen molar-refractivity contribution in [3.8, 4) is 17.4 Å². The minimum atomic E-state index is 0.461. The summed E-state index contributed by atoms with van der Waals surface area (Å²) in [4.78, 5) is 23.1. The molecule has 11 heteroatoms. The Morgan fingerprint density at radius 3 is 2.67 bits per heavy atom. The van der Waals surface area contributed by atoms with E-state index < -0.39 is 0 Å². The number of anilines is 3. The fourth-order valence-corrected chi connectivity index (χ4v) is 6.28. The molecule has 3 aromatic heterocycles. The zero-order chi connectivity index (χ0) is 26.8. The van der Waals surface area contributed by atoms with Crippen molar-refractivity contribution < 1.29 is 9.47 Å². The second kappa shape index (κ2) is 9.02. The molecule has 0 amide bonds. The van der Waals surface area contributed by atoms with Crippen molar-refractivity contribution in [2.45, 2.75) is 44.3 Å². The molecule has 1 N–H and O–H groups in total. The van der Waals surface area contributed by atoms with Crippen molar-refractivity contribution in [2.24, 2.45) is 0 Å². The van der Waals surface area contributed by atoms with Crippen molar-refractivity contribution in [2.75, 3.05) is 30.4 Å². The van der Waals surface area contributed by atoms with Gasteiger partial charge < -0.3 is 19.7 Å². The van der Waals surface area contributed by atoms with E-state index in [2.05, 4.69) is 35.2 Å². The summed E-state index contributed by atoms with van der Waals surface area (Å²) in [6.07, 6.45) is 8.56. The summed E-state index contributed by atoms with van der Waals surface area (Å²) in [6.45, 7) is 4.20. The highest BCUT2D eigenvalue weighted by Crippen LogP contribution is 2.48. The minimum Gasteiger partial charge on any atom is -0.495 e. The van der Waals surface area contributed by atoms with E-state index in [9.17, 15) is 0 Å². The van der Waals surface area contributed by atoms with Crippen LogP contribution in [0.15, 0.2) is 55.4 Å². The fourth-order valence-electron chi connectivity index (χ4n) is 6.28. The van der Waals surface area contributed by atoms with Gasteiger partial charge in [-0.25, -0.2) is 24.5 Å². The van der Waals surface area contributed by atoms with Crippen molar-refractivity contribution in [3.63, 3.8) is 0 Å². The average molecular weight is 536 g/mol. The zero-order valence-corrected chi connectivity index (χ0v) is 22.4. The van der Waals surface area contributed by atoms with Crippen LogP contribution in [0.1, 0.15) is 24.8 Å². The van der Waals surface area contributed by atoms with Gasteiger partial charge in [-0.2, -0.15) is 5.10 Å². The van der Waals surface area contributed by atoms with Gasteiger partial charge in [0, 0.05) is 43.0 Å². The maximum Gasteiger partial charge on any atom is 0.224 e. The molecule has 2 saturated heterocycles. The lowest BCUT2D eigenvalue weighted by Gasteiger charge is -2.49. The Balaban J connectivity index is 1.10. The Labute approximate surface area is 230 Å². The predicted octanol–water partition coefficient (Wildman–Crippen LogP) is 4.35. The van der Waals surface area contributed by atoms with Gasteiger partial charge in [0.1, 0.15) is 36.3 Å². The molecule has 5 heterocycles. The number of aromatic nitrogens is 6. The van der Waals surface area contributed by atoms with Gasteiger partial charge in [0.25, 0.3) is 0 Å². The molecule has 1 saturated carbocycles. The number of nitrogens with zero attached hydrogens (tertiary/aromatic N) is 8. The molecule has 0 radical (unpaired) electrons. The SMILES string of the molecule is COc1ccc2ncnc(Nc3ccc(Oc4cc5ncnn5cn4)c(C)c3)c2c1N1CC2C1CCN2C1CC1. The number of fused-ring (bicyclic) bond motifs is 3. The van der Waals surface area contributed by atoms with Crippen molar-refractivity contribution >= 4 is 33.7 Å². The van der Waals surface area contributed by atoms with Crippen LogP contribution in [0, 0.1) is 6.92 Å². The van der Waals surface area contributed by atoms with Crippen LogP contribution in [0.2, 0.25) is 0 Å². The number of rotatable bonds is 7. The molecule has 202 valence electrons. The fraction of sp³-hybridized carbons (Fsp3) is 0.345. The summed E-state index contributed by atoms with van der Waals surface area (Å²) < 4.78 is 13.6. The first kappa shape index (κ1) is 23.4. The number of ether oxygens (including phenoxy) is 2. The molecular weight excluding hydrogens is 506 g/mol. The highest BCUT2D eigenvalue weighted by atomic mass is 16.5. The van der Waals surface area contributed by atoms with Crippen molar-refractivity contribution in [1.29, 1.82) is 0 Å². The van der Waals surface area contributed by atoms with Crippen LogP contribution in [-0.4, -0.2) is 72.8 Å². The Hall–Kier alpha value is -4.51. The van der Waals surface area contributed by atoms with Gasteiger partial charge in [0.05, 0.1) is 23.7 Å². The van der Waals surface area contributed by atoms with Crippen molar-refractivity contribution in [3.05, 3.63) is 60.9 Å². The van der Waals surface area contributed by atoms with E-state index in [1.165, 1.54) is 32.1 Å². The van der Waals surface area contributed by atoms with Gasteiger partial charge in [-0.15, -0.1) is 0 Å². The van der Waals surface area contributed by atoms with Crippen LogP contribution in [0.25, 0.3) is 16.6 Å². The van der Waals surface area contributed by atoms with E-state index >= 15 is 0 Å². The number of aryl methyl sites for hydroxylation is 1. The van der Waals surface area contributed by atoms with Crippen LogP contribution in [-0.2, 0) is 0 Å². The number of hydrogen-bond acceptors (Lipinski definition) is 10. The number of methoxy groups -OCH3 is 1. The lowest BCUT2D eigenvalue weighted by Crippen LogP contribution is -2.62. The first-order chi connectivity index (χ1) is 19.7. The van der Waals surface area contributed by atoms with Gasteiger partial charge in [-0.05, 0) is 62.1 Å². The third-order valence-corrected chi connectivity index (χ3v) is 8.40. The summed E-state index contributed by atoms with van der Waals surface area (Å²) in [5.74, 6) is 2.78. The standard InChI is InChI=1S/C29H29N9O2/c1-17-11-18(3-7-23(17)40-26-12-25-31-15-34-38(25)16-33-26)35-29-27-20(30-14-32-29)6-8-24(39-2)28(27)37-13-22-21(37)9-10-36(22)19-4-5-19/h3,6-8,11-12,14-16,19,21-22H,4-5,9-10,13H2,1-2H3,(H,30,32,35). The second-order valence-electron chi connectivity index (χ2n) is 10.8. The maximum absolute atomic E-state index is 6.06. The van der Waals surface area contributed by atoms with Crippen LogP contribution >= 0.6 is 0 Å². The molecule has 3 aliphatic rings. The highest BCUT2D eigenvalue weighted by molar-refractivity contribution is 6.04. The number of nitrogens with one attached hydrogen (secondary N) is 1. The summed E-state index contributed by atoms with van der Waals surface area (Å²) >= 11 is 0. The van der Waals surface area contributed by atoms with Crippen LogP contribution in [0.5, 0.6) is 17.4 Å². The zero-order valence-electron chi connectivity index (χ0n) is 22.4. The Morgan fingerprint density at radius 2 is 1.82 bits per heavy atom. The molecule has 2 aliphatic heterocycles. The summed E-state index contributed by atoms with van der Waals surface area (Å²) in [5, 5.41) is 8.61. The lowest BCUT2D eigenvalue weighted by atomic mass is 9.94. The van der Waals surface area contributed by atoms with E-state index in [1.54, 1.807) is 30.3 Å². The van der Waals surface area contributed by atoms with E-state index in [4.69, 9.17) is 14.5 Å². The first-order valence-electron chi connectivity index (χ1n) is 13.7.